The molecule has 24 heavy (non-hydrogen) atoms. The van der Waals surface area contributed by atoms with Crippen molar-refractivity contribution in [2.75, 3.05) is 0 Å². The van der Waals surface area contributed by atoms with Gasteiger partial charge in [0, 0.05) is 11.3 Å². The number of rotatable bonds is 2. The standard InChI is InChI=1S/C19H12Cl2N2O/c1-11-8-15(16(10-22)19(24)23-11)14-5-3-2-4-13(14)12-6-7-17(20)18(21)9-12/h2-9H,1H3,(H,23,24). The minimum absolute atomic E-state index is 0.0908. The van der Waals surface area contributed by atoms with Crippen molar-refractivity contribution in [1.82, 2.24) is 4.98 Å². The van der Waals surface area contributed by atoms with Gasteiger partial charge in [0.25, 0.3) is 5.56 Å². The maximum atomic E-state index is 12.1. The van der Waals surface area contributed by atoms with Crippen LogP contribution < -0.4 is 5.56 Å². The molecule has 3 aromatic rings. The highest BCUT2D eigenvalue weighted by Gasteiger charge is 2.14. The van der Waals surface area contributed by atoms with Crippen LogP contribution in [0.1, 0.15) is 11.3 Å². The molecule has 0 aliphatic rings. The largest absolute Gasteiger partial charge is 0.325 e. The molecule has 0 aliphatic carbocycles. The second-order valence-corrected chi connectivity index (χ2v) is 6.17. The van der Waals surface area contributed by atoms with Gasteiger partial charge in [0.2, 0.25) is 0 Å². The van der Waals surface area contributed by atoms with Crippen LogP contribution in [0.25, 0.3) is 22.3 Å². The number of nitriles is 1. The summed E-state index contributed by atoms with van der Waals surface area (Å²) in [4.78, 5) is 14.8. The molecule has 1 aromatic heterocycles. The second-order valence-electron chi connectivity index (χ2n) is 5.36. The molecule has 5 heteroatoms. The number of pyridine rings is 1. The van der Waals surface area contributed by atoms with Crippen LogP contribution in [0.5, 0.6) is 0 Å². The van der Waals surface area contributed by atoms with Crippen molar-refractivity contribution in [3.05, 3.63) is 80.2 Å². The maximum absolute atomic E-state index is 12.1. The third kappa shape index (κ3) is 2.94. The number of aryl methyl sites for hydroxylation is 1. The van der Waals surface area contributed by atoms with Gasteiger partial charge in [0.05, 0.1) is 10.0 Å². The molecule has 0 amide bonds. The molecule has 3 nitrogen and oxygen atoms in total. The minimum Gasteiger partial charge on any atom is -0.325 e. The third-order valence-corrected chi connectivity index (χ3v) is 4.47. The Bertz CT molecular complexity index is 1030. The van der Waals surface area contributed by atoms with Gasteiger partial charge in [0.15, 0.2) is 0 Å². The fourth-order valence-electron chi connectivity index (χ4n) is 2.65. The Morgan fingerprint density at radius 1 is 0.958 bits per heavy atom. The molecule has 0 saturated heterocycles. The lowest BCUT2D eigenvalue weighted by molar-refractivity contribution is 1.13. The molecule has 118 valence electrons. The predicted octanol–water partition coefficient (Wildman–Crippen LogP) is 5.20. The molecule has 0 bridgehead atoms. The van der Waals surface area contributed by atoms with Crippen molar-refractivity contribution >= 4 is 23.2 Å². The Kier molecular flexibility index (Phi) is 4.44. The number of nitrogens with one attached hydrogen (secondary N) is 1. The van der Waals surface area contributed by atoms with E-state index in [0.717, 1.165) is 16.7 Å². The van der Waals surface area contributed by atoms with Crippen molar-refractivity contribution < 1.29 is 0 Å². The number of H-pyrrole nitrogens is 1. The van der Waals surface area contributed by atoms with E-state index in [1.807, 2.05) is 36.4 Å². The smallest absolute Gasteiger partial charge is 0.266 e. The van der Waals surface area contributed by atoms with Gasteiger partial charge >= 0.3 is 0 Å². The van der Waals surface area contributed by atoms with Crippen LogP contribution in [0.3, 0.4) is 0 Å². The van der Waals surface area contributed by atoms with E-state index in [-0.39, 0.29) is 5.56 Å². The van der Waals surface area contributed by atoms with Crippen LogP contribution >= 0.6 is 23.2 Å². The first-order chi connectivity index (χ1) is 11.5. The summed E-state index contributed by atoms with van der Waals surface area (Å²) in [6.07, 6.45) is 0. The number of hydrogen-bond acceptors (Lipinski definition) is 2. The van der Waals surface area contributed by atoms with E-state index < -0.39 is 5.56 Å². The summed E-state index contributed by atoms with van der Waals surface area (Å²) < 4.78 is 0. The molecule has 1 heterocycles. The number of aromatic nitrogens is 1. The summed E-state index contributed by atoms with van der Waals surface area (Å²) in [6, 6.07) is 16.7. The van der Waals surface area contributed by atoms with E-state index in [0.29, 0.717) is 21.3 Å². The molecule has 3 rings (SSSR count). The predicted molar refractivity (Wildman–Crippen MR) is 97.4 cm³/mol. The van der Waals surface area contributed by atoms with Gasteiger partial charge in [-0.25, -0.2) is 0 Å². The number of hydrogen-bond donors (Lipinski definition) is 1. The summed E-state index contributed by atoms with van der Waals surface area (Å²) >= 11 is 12.1. The van der Waals surface area contributed by atoms with E-state index >= 15 is 0 Å². The summed E-state index contributed by atoms with van der Waals surface area (Å²) in [6.45, 7) is 1.79. The van der Waals surface area contributed by atoms with Crippen LogP contribution in [0, 0.1) is 18.3 Å². The van der Waals surface area contributed by atoms with Gasteiger partial charge in [-0.2, -0.15) is 5.26 Å². The van der Waals surface area contributed by atoms with Crippen LogP contribution in [-0.4, -0.2) is 4.98 Å². The number of aromatic amines is 1. The monoisotopic (exact) mass is 354 g/mol. The number of halogens is 2. The molecule has 1 N–H and O–H groups in total. The lowest BCUT2D eigenvalue weighted by Crippen LogP contribution is -2.12. The van der Waals surface area contributed by atoms with E-state index in [1.54, 1.807) is 25.1 Å². The summed E-state index contributed by atoms with van der Waals surface area (Å²) in [7, 11) is 0. The average Bonchev–Trinajstić information content (AvgIpc) is 2.57. The quantitative estimate of drug-likeness (QED) is 0.687. The van der Waals surface area contributed by atoms with E-state index in [9.17, 15) is 10.1 Å². The Morgan fingerprint density at radius 2 is 1.67 bits per heavy atom. The topological polar surface area (TPSA) is 56.6 Å². The van der Waals surface area contributed by atoms with Crippen molar-refractivity contribution in [2.24, 2.45) is 0 Å². The first-order valence-corrected chi connectivity index (χ1v) is 7.95. The Balaban J connectivity index is 2.31. The fraction of sp³-hybridized carbons (Fsp3) is 0.0526. The number of nitrogens with zero attached hydrogens (tertiary/aromatic N) is 1. The van der Waals surface area contributed by atoms with Gasteiger partial charge in [0.1, 0.15) is 11.6 Å². The molecule has 0 fully saturated rings. The third-order valence-electron chi connectivity index (χ3n) is 3.73. The second kappa shape index (κ2) is 6.52. The minimum atomic E-state index is -0.392. The van der Waals surface area contributed by atoms with Gasteiger partial charge in [-0.05, 0) is 41.8 Å². The van der Waals surface area contributed by atoms with E-state index in [1.165, 1.54) is 0 Å². The zero-order valence-electron chi connectivity index (χ0n) is 12.7. The van der Waals surface area contributed by atoms with Gasteiger partial charge in [-0.1, -0.05) is 53.5 Å². The van der Waals surface area contributed by atoms with Gasteiger partial charge in [-0.15, -0.1) is 0 Å². The Labute approximate surface area is 149 Å². The zero-order valence-corrected chi connectivity index (χ0v) is 14.2. The maximum Gasteiger partial charge on any atom is 0.266 e. The lowest BCUT2D eigenvalue weighted by Gasteiger charge is -2.12. The van der Waals surface area contributed by atoms with Crippen LogP contribution in [0.4, 0.5) is 0 Å². The SMILES string of the molecule is Cc1cc(-c2ccccc2-c2ccc(Cl)c(Cl)c2)c(C#N)c(=O)[nH]1. The molecule has 0 atom stereocenters. The molecule has 0 aliphatic heterocycles. The molecule has 0 unspecified atom stereocenters. The first-order valence-electron chi connectivity index (χ1n) is 7.20. The molecule has 0 saturated carbocycles. The van der Waals surface area contributed by atoms with Gasteiger partial charge < -0.3 is 4.98 Å². The summed E-state index contributed by atoms with van der Waals surface area (Å²) in [5.74, 6) is 0. The summed E-state index contributed by atoms with van der Waals surface area (Å²) in [5.41, 5.74) is 3.52. The lowest BCUT2D eigenvalue weighted by atomic mass is 9.92. The average molecular weight is 355 g/mol. The Morgan fingerprint density at radius 3 is 2.33 bits per heavy atom. The first kappa shape index (κ1) is 16.3. The van der Waals surface area contributed by atoms with Crippen molar-refractivity contribution in [3.63, 3.8) is 0 Å². The van der Waals surface area contributed by atoms with E-state index in [4.69, 9.17) is 23.2 Å². The zero-order chi connectivity index (χ0) is 17.3. The van der Waals surface area contributed by atoms with E-state index in [2.05, 4.69) is 4.98 Å². The number of benzene rings is 2. The van der Waals surface area contributed by atoms with Gasteiger partial charge in [-0.3, -0.25) is 4.79 Å². The van der Waals surface area contributed by atoms with Crippen LogP contribution in [-0.2, 0) is 0 Å². The summed E-state index contributed by atoms with van der Waals surface area (Å²) in [5, 5.41) is 10.3. The van der Waals surface area contributed by atoms with Crippen molar-refractivity contribution in [2.45, 2.75) is 6.92 Å². The van der Waals surface area contributed by atoms with Crippen molar-refractivity contribution in [3.8, 4) is 28.3 Å². The molecule has 2 aromatic carbocycles. The van der Waals surface area contributed by atoms with Crippen LogP contribution in [0.2, 0.25) is 10.0 Å². The molecular formula is C19H12Cl2N2O. The normalized spacial score (nSPS) is 10.4. The van der Waals surface area contributed by atoms with Crippen molar-refractivity contribution in [1.29, 1.82) is 5.26 Å². The molecule has 0 radical (unpaired) electrons. The fourth-order valence-corrected chi connectivity index (χ4v) is 2.94. The highest BCUT2D eigenvalue weighted by atomic mass is 35.5. The van der Waals surface area contributed by atoms with Crippen LogP contribution in [0.15, 0.2) is 53.3 Å². The Hall–Kier alpha value is -2.54. The molecular weight excluding hydrogens is 343 g/mol. The highest BCUT2D eigenvalue weighted by molar-refractivity contribution is 6.42. The molecule has 0 spiro atoms. The highest BCUT2D eigenvalue weighted by Crippen LogP contribution is 2.35.